The number of halogens is 2. The number of hydrogen-bond acceptors (Lipinski definition) is 8. The number of ether oxygens (including phenoxy) is 2. The van der Waals surface area contributed by atoms with E-state index in [-0.39, 0.29) is 22.7 Å². The molecule has 12 heteroatoms. The van der Waals surface area contributed by atoms with Gasteiger partial charge in [-0.25, -0.2) is 8.78 Å². The highest BCUT2D eigenvalue weighted by Gasteiger charge is 2.33. The van der Waals surface area contributed by atoms with Crippen LogP contribution in [0.25, 0.3) is 26.5 Å². The van der Waals surface area contributed by atoms with Crippen molar-refractivity contribution < 1.29 is 23.0 Å². The third-order valence-electron chi connectivity index (χ3n) is 8.76. The molecule has 1 fully saturated rings. The highest BCUT2D eigenvalue weighted by Crippen LogP contribution is 2.40. The van der Waals surface area contributed by atoms with Crippen LogP contribution in [0, 0.1) is 17.0 Å². The van der Waals surface area contributed by atoms with Crippen LogP contribution < -0.4 is 20.3 Å². The summed E-state index contributed by atoms with van der Waals surface area (Å²) in [5, 5.41) is 2.62. The molecule has 0 radical (unpaired) electrons. The summed E-state index contributed by atoms with van der Waals surface area (Å²) in [6.07, 6.45) is 5.59. The number of rotatable bonds is 8. The monoisotopic (exact) mass is 691 g/mol. The number of pyridine rings is 3. The molecule has 6 heterocycles. The Hall–Kier alpha value is -5.46. The van der Waals surface area contributed by atoms with Gasteiger partial charge in [-0.3, -0.25) is 29.0 Å². The van der Waals surface area contributed by atoms with Gasteiger partial charge in [0, 0.05) is 73.7 Å². The first-order valence-electron chi connectivity index (χ1n) is 16.1. The van der Waals surface area contributed by atoms with Gasteiger partial charge < -0.3 is 14.8 Å². The van der Waals surface area contributed by atoms with Crippen LogP contribution >= 0.6 is 11.3 Å². The first kappa shape index (κ1) is 31.8. The predicted octanol–water partition coefficient (Wildman–Crippen LogP) is 7.61. The number of thiophene rings is 1. The van der Waals surface area contributed by atoms with Crippen molar-refractivity contribution in [3.63, 3.8) is 0 Å². The summed E-state index contributed by atoms with van der Waals surface area (Å²) in [5.41, 5.74) is 3.36. The summed E-state index contributed by atoms with van der Waals surface area (Å²) in [6.45, 7) is 7.86. The molecule has 0 atom stereocenters. The molecular weight excluding hydrogens is 661 g/mol. The maximum Gasteiger partial charge on any atom is 0.271 e. The maximum atomic E-state index is 15.5. The van der Waals surface area contributed by atoms with Gasteiger partial charge in [0.1, 0.15) is 22.9 Å². The van der Waals surface area contributed by atoms with Gasteiger partial charge in [-0.1, -0.05) is 19.9 Å². The Morgan fingerprint density at radius 2 is 1.84 bits per heavy atom. The summed E-state index contributed by atoms with van der Waals surface area (Å²) in [5.74, 6) is -1.36. The van der Waals surface area contributed by atoms with E-state index in [1.54, 1.807) is 18.5 Å². The van der Waals surface area contributed by atoms with E-state index >= 15 is 4.39 Å². The van der Waals surface area contributed by atoms with Crippen LogP contribution in [0.1, 0.15) is 35.3 Å². The molecule has 1 N–H and O–H groups in total. The van der Waals surface area contributed by atoms with Gasteiger partial charge >= 0.3 is 0 Å². The Kier molecular flexibility index (Phi) is 7.92. The van der Waals surface area contributed by atoms with E-state index in [9.17, 15) is 14.0 Å². The molecule has 2 aliphatic heterocycles. The average Bonchev–Trinajstić information content (AvgIpc) is 3.73. The fourth-order valence-electron chi connectivity index (χ4n) is 6.54. The number of benzene rings is 2. The predicted molar refractivity (Wildman–Crippen MR) is 188 cm³/mol. The summed E-state index contributed by atoms with van der Waals surface area (Å²) in [4.78, 5) is 39.4. The summed E-state index contributed by atoms with van der Waals surface area (Å²) >= 11 is 1.46. The molecule has 0 unspecified atom stereocenters. The van der Waals surface area contributed by atoms with Crippen molar-refractivity contribution in [3.8, 4) is 33.5 Å². The minimum Gasteiger partial charge on any atom is -0.492 e. The minimum atomic E-state index is -0.759. The number of nitrogens with one attached hydrogen (secondary N) is 1. The molecule has 6 aromatic rings. The van der Waals surface area contributed by atoms with E-state index in [4.69, 9.17) is 14.5 Å². The van der Waals surface area contributed by atoms with E-state index in [1.165, 1.54) is 52.3 Å². The number of anilines is 1. The van der Waals surface area contributed by atoms with Crippen LogP contribution in [0.5, 0.6) is 17.2 Å². The van der Waals surface area contributed by atoms with E-state index in [2.05, 4.69) is 35.1 Å². The number of nitrogens with zero attached hydrogens (tertiary/aromatic N) is 4. The van der Waals surface area contributed by atoms with E-state index in [0.717, 1.165) is 46.5 Å². The lowest BCUT2D eigenvalue weighted by molar-refractivity contribution is 0.0242. The number of likely N-dealkylation sites (tertiary alicyclic amines) is 1. The van der Waals surface area contributed by atoms with Gasteiger partial charge in [-0.2, -0.15) is 0 Å². The number of carbonyl (C=O) groups is 1. The first-order chi connectivity index (χ1) is 24.1. The van der Waals surface area contributed by atoms with Gasteiger partial charge in [0.25, 0.3) is 11.5 Å². The van der Waals surface area contributed by atoms with Crippen molar-refractivity contribution in [1.82, 2.24) is 19.4 Å². The minimum absolute atomic E-state index is 0.0512. The third kappa shape index (κ3) is 6.12. The Bertz CT molecular complexity index is 2330. The van der Waals surface area contributed by atoms with Crippen molar-refractivity contribution in [1.29, 1.82) is 0 Å². The standard InChI is InChI=1S/C38H31F2N5O4S/c1-38(2)20-44(21-38)18-22-3-9-28(42-17-22)32-16-29-35(50-32)31(11-13-41-29)49-30-10-6-25(15-27(30)40)43-36(46)33-34-23(12-14-48-34)19-45(37(33)47)26-7-4-24(39)5-8-26/h3-11,13,15-17,19H,12,14,18,20-21H2,1-2H3,(H,43,46). The molecular formula is C38H31F2N5O4S. The molecule has 0 spiro atoms. The molecule has 4 aromatic heterocycles. The fourth-order valence-corrected chi connectivity index (χ4v) is 7.59. The van der Waals surface area contributed by atoms with Crippen LogP contribution in [0.2, 0.25) is 0 Å². The Balaban J connectivity index is 1.00. The Labute approximate surface area is 289 Å². The van der Waals surface area contributed by atoms with E-state index in [1.807, 2.05) is 18.3 Å². The van der Waals surface area contributed by atoms with Crippen molar-refractivity contribution in [2.45, 2.75) is 26.8 Å². The van der Waals surface area contributed by atoms with Crippen LogP contribution in [0.15, 0.2) is 90.1 Å². The highest BCUT2D eigenvalue weighted by molar-refractivity contribution is 7.22. The lowest BCUT2D eigenvalue weighted by Gasteiger charge is -2.45. The van der Waals surface area contributed by atoms with E-state index < -0.39 is 23.1 Å². The number of fused-ring (bicyclic) bond motifs is 2. The molecule has 8 rings (SSSR count). The second kappa shape index (κ2) is 12.5. The molecule has 1 saturated heterocycles. The average molecular weight is 692 g/mol. The number of carbonyl (C=O) groups excluding carboxylic acids is 1. The Morgan fingerprint density at radius 1 is 1.02 bits per heavy atom. The molecule has 2 aromatic carbocycles. The topological polar surface area (TPSA) is 98.6 Å². The molecule has 9 nitrogen and oxygen atoms in total. The SMILES string of the molecule is CC1(C)CN(Cc2ccc(-c3cc4nccc(Oc5ccc(NC(=O)c6c7c(cn(-c8ccc(F)cc8)c6=O)CCO7)cc5F)c4s3)nc2)C1. The first-order valence-corrected chi connectivity index (χ1v) is 16.9. The number of amides is 1. The lowest BCUT2D eigenvalue weighted by atomic mass is 9.84. The lowest BCUT2D eigenvalue weighted by Crippen LogP contribution is -2.52. The molecule has 1 amide bonds. The van der Waals surface area contributed by atoms with Gasteiger partial charge in [0.2, 0.25) is 0 Å². The normalized spacial score (nSPS) is 15.0. The molecule has 0 bridgehead atoms. The Morgan fingerprint density at radius 3 is 2.58 bits per heavy atom. The van der Waals surface area contributed by atoms with Gasteiger partial charge in [0.15, 0.2) is 11.6 Å². The zero-order valence-corrected chi connectivity index (χ0v) is 28.0. The smallest absolute Gasteiger partial charge is 0.271 e. The maximum absolute atomic E-state index is 15.5. The third-order valence-corrected chi connectivity index (χ3v) is 9.92. The molecule has 0 aliphatic carbocycles. The van der Waals surface area contributed by atoms with Crippen molar-refractivity contribution in [2.24, 2.45) is 5.41 Å². The summed E-state index contributed by atoms with van der Waals surface area (Å²) < 4.78 is 42.7. The van der Waals surface area contributed by atoms with Gasteiger partial charge in [-0.15, -0.1) is 11.3 Å². The van der Waals surface area contributed by atoms with Crippen LogP contribution in [0.4, 0.5) is 14.5 Å². The van der Waals surface area contributed by atoms with E-state index in [0.29, 0.717) is 41.0 Å². The van der Waals surface area contributed by atoms with Gasteiger partial charge in [-0.05, 0) is 59.5 Å². The highest BCUT2D eigenvalue weighted by atomic mass is 32.1. The summed E-state index contributed by atoms with van der Waals surface area (Å²) in [6, 6.07) is 17.1. The molecule has 2 aliphatic rings. The molecule has 50 heavy (non-hydrogen) atoms. The zero-order valence-electron chi connectivity index (χ0n) is 27.2. The van der Waals surface area contributed by atoms with Crippen molar-refractivity contribution >= 4 is 33.1 Å². The second-order valence-corrected chi connectivity index (χ2v) is 14.4. The fraction of sp³-hybridized carbons (Fsp3) is 0.211. The van der Waals surface area contributed by atoms with Crippen molar-refractivity contribution in [2.75, 3.05) is 25.0 Å². The number of hydrogen-bond donors (Lipinski definition) is 1. The summed E-state index contributed by atoms with van der Waals surface area (Å²) in [7, 11) is 0. The van der Waals surface area contributed by atoms with Gasteiger partial charge in [0.05, 0.1) is 27.4 Å². The largest absolute Gasteiger partial charge is 0.492 e. The van der Waals surface area contributed by atoms with Crippen LogP contribution in [0.3, 0.4) is 0 Å². The zero-order chi connectivity index (χ0) is 34.6. The molecule has 252 valence electrons. The quantitative estimate of drug-likeness (QED) is 0.176. The second-order valence-electron chi connectivity index (χ2n) is 13.3. The van der Waals surface area contributed by atoms with Crippen molar-refractivity contribution in [3.05, 3.63) is 124 Å². The molecule has 0 saturated carbocycles. The van der Waals surface area contributed by atoms with Crippen LogP contribution in [-0.2, 0) is 13.0 Å². The van der Waals surface area contributed by atoms with Crippen LogP contribution in [-0.4, -0.2) is 45.0 Å². The number of aromatic nitrogens is 3.